The number of hydrogen-bond donors (Lipinski definition) is 1. The molecule has 0 saturated heterocycles. The smallest absolute Gasteiger partial charge is 0.387 e. The first-order chi connectivity index (χ1) is 16.2. The van der Waals surface area contributed by atoms with E-state index in [4.69, 9.17) is 13.9 Å². The zero-order valence-corrected chi connectivity index (χ0v) is 17.9. The quantitative estimate of drug-likeness (QED) is 0.267. The Kier molecular flexibility index (Phi) is 7.41. The Morgan fingerprint density at radius 1 is 1.18 bits per heavy atom. The molecule has 0 bridgehead atoms. The molecular formula is C22H18F2N2O8. The topological polar surface area (TPSA) is 130 Å². The van der Waals surface area contributed by atoms with Gasteiger partial charge in [0, 0.05) is 5.69 Å². The highest BCUT2D eigenvalue weighted by molar-refractivity contribution is 6.03. The summed E-state index contributed by atoms with van der Waals surface area (Å²) < 4.78 is 44.6. The fourth-order valence-corrected chi connectivity index (χ4v) is 2.93. The summed E-state index contributed by atoms with van der Waals surface area (Å²) >= 11 is 0. The monoisotopic (exact) mass is 476 g/mol. The number of nitrogens with one attached hydrogen (secondary N) is 1. The lowest BCUT2D eigenvalue weighted by molar-refractivity contribution is -0.386. The van der Waals surface area contributed by atoms with E-state index in [-0.39, 0.29) is 22.6 Å². The van der Waals surface area contributed by atoms with Crippen LogP contribution in [-0.4, -0.2) is 30.5 Å². The molecule has 0 spiro atoms. The number of benzene rings is 2. The van der Waals surface area contributed by atoms with Crippen LogP contribution in [0.15, 0.2) is 53.1 Å². The van der Waals surface area contributed by atoms with Crippen molar-refractivity contribution in [1.82, 2.24) is 0 Å². The number of anilines is 1. The first-order valence-corrected chi connectivity index (χ1v) is 9.62. The lowest BCUT2D eigenvalue weighted by Gasteiger charge is -2.13. The molecule has 0 aliphatic heterocycles. The van der Waals surface area contributed by atoms with Crippen LogP contribution in [0.4, 0.5) is 20.2 Å². The van der Waals surface area contributed by atoms with Crippen molar-refractivity contribution < 1.29 is 41.9 Å². The largest absolute Gasteiger partial charge is 0.493 e. The number of rotatable bonds is 9. The van der Waals surface area contributed by atoms with E-state index >= 15 is 0 Å². The summed E-state index contributed by atoms with van der Waals surface area (Å²) in [6, 6.07) is 9.28. The molecule has 0 saturated carbocycles. The molecule has 34 heavy (non-hydrogen) atoms. The van der Waals surface area contributed by atoms with Gasteiger partial charge in [-0.05, 0) is 42.8 Å². The Labute approximate surface area is 191 Å². The maximum Gasteiger partial charge on any atom is 0.387 e. The molecule has 3 aromatic rings. The highest BCUT2D eigenvalue weighted by atomic mass is 19.3. The van der Waals surface area contributed by atoms with Crippen molar-refractivity contribution in [2.24, 2.45) is 0 Å². The van der Waals surface area contributed by atoms with Crippen molar-refractivity contribution in [3.8, 4) is 11.5 Å². The van der Waals surface area contributed by atoms with Gasteiger partial charge in [-0.2, -0.15) is 8.78 Å². The molecule has 0 aliphatic rings. The zero-order valence-electron chi connectivity index (χ0n) is 17.9. The fraction of sp³-hybridized carbons (Fsp3) is 0.182. The molecule has 0 radical (unpaired) electrons. The maximum atomic E-state index is 12.6. The minimum absolute atomic E-state index is 0.0626. The van der Waals surface area contributed by atoms with Crippen molar-refractivity contribution in [3.05, 3.63) is 81.3 Å². The van der Waals surface area contributed by atoms with Crippen LogP contribution in [0.1, 0.15) is 32.0 Å². The lowest BCUT2D eigenvalue weighted by atomic mass is 10.1. The van der Waals surface area contributed by atoms with Crippen LogP contribution in [0.3, 0.4) is 0 Å². The number of amides is 1. The first-order valence-electron chi connectivity index (χ1n) is 9.62. The minimum Gasteiger partial charge on any atom is -0.493 e. The Balaban J connectivity index is 1.79. The van der Waals surface area contributed by atoms with Gasteiger partial charge in [0.05, 0.1) is 35.5 Å². The number of nitro groups is 1. The Morgan fingerprint density at radius 2 is 1.94 bits per heavy atom. The Morgan fingerprint density at radius 3 is 2.56 bits per heavy atom. The van der Waals surface area contributed by atoms with E-state index in [9.17, 15) is 28.5 Å². The molecule has 1 N–H and O–H groups in total. The van der Waals surface area contributed by atoms with Gasteiger partial charge in [0.2, 0.25) is 0 Å². The van der Waals surface area contributed by atoms with E-state index in [0.717, 1.165) is 12.1 Å². The number of furan rings is 1. The second-order valence-electron chi connectivity index (χ2n) is 6.80. The van der Waals surface area contributed by atoms with Gasteiger partial charge in [-0.25, -0.2) is 4.79 Å². The molecule has 1 aromatic heterocycles. The number of alkyl halides is 2. The van der Waals surface area contributed by atoms with Crippen LogP contribution in [0, 0.1) is 17.0 Å². The molecule has 3 rings (SSSR count). The minimum atomic E-state index is -3.22. The molecule has 0 unspecified atom stereocenters. The molecule has 0 fully saturated rings. The third-order valence-electron chi connectivity index (χ3n) is 4.60. The number of nitro benzene ring substituents is 1. The second-order valence-corrected chi connectivity index (χ2v) is 6.80. The predicted octanol–water partition coefficient (Wildman–Crippen LogP) is 4.72. The van der Waals surface area contributed by atoms with Gasteiger partial charge in [0.15, 0.2) is 17.3 Å². The van der Waals surface area contributed by atoms with Crippen LogP contribution in [0.5, 0.6) is 11.5 Å². The molecule has 1 heterocycles. The third-order valence-corrected chi connectivity index (χ3v) is 4.60. The van der Waals surface area contributed by atoms with Crippen molar-refractivity contribution >= 4 is 23.3 Å². The number of methoxy groups -OCH3 is 1. The summed E-state index contributed by atoms with van der Waals surface area (Å²) in [5.74, 6) is -2.01. The van der Waals surface area contributed by atoms with Gasteiger partial charge in [0.25, 0.3) is 11.6 Å². The first kappa shape index (κ1) is 24.2. The average Bonchev–Trinajstić information content (AvgIpc) is 3.33. The molecule has 2 aromatic carbocycles. The van der Waals surface area contributed by atoms with Gasteiger partial charge in [-0.3, -0.25) is 14.9 Å². The maximum absolute atomic E-state index is 12.6. The van der Waals surface area contributed by atoms with E-state index in [0.29, 0.717) is 11.3 Å². The Bertz CT molecular complexity index is 1210. The van der Waals surface area contributed by atoms with Crippen LogP contribution < -0.4 is 14.8 Å². The summed E-state index contributed by atoms with van der Waals surface area (Å²) in [7, 11) is 1.17. The number of nitrogens with zero attached hydrogens (tertiary/aromatic N) is 1. The van der Waals surface area contributed by atoms with Crippen molar-refractivity contribution in [3.63, 3.8) is 0 Å². The van der Waals surface area contributed by atoms with Gasteiger partial charge < -0.3 is 23.9 Å². The number of hydrogen-bond acceptors (Lipinski definition) is 8. The zero-order chi connectivity index (χ0) is 24.8. The number of ether oxygens (including phenoxy) is 3. The van der Waals surface area contributed by atoms with Gasteiger partial charge in [-0.1, -0.05) is 6.07 Å². The van der Waals surface area contributed by atoms with Crippen molar-refractivity contribution in [2.75, 3.05) is 12.4 Å². The molecule has 0 aliphatic carbocycles. The van der Waals surface area contributed by atoms with Gasteiger partial charge in [0.1, 0.15) is 6.61 Å². The van der Waals surface area contributed by atoms with Crippen LogP contribution in [-0.2, 0) is 11.3 Å². The van der Waals surface area contributed by atoms with E-state index in [1.165, 1.54) is 31.6 Å². The Hall–Kier alpha value is -4.48. The summed E-state index contributed by atoms with van der Waals surface area (Å²) in [6.07, 6.45) is 1.34. The average molecular weight is 476 g/mol. The SMILES string of the molecule is COc1cc(COC(=O)c2ccc(C)c(NC(=O)c3ccco3)c2)c([N+](=O)[O-])cc1OC(F)F. The van der Waals surface area contributed by atoms with E-state index in [1.54, 1.807) is 19.1 Å². The van der Waals surface area contributed by atoms with Gasteiger partial charge in [-0.15, -0.1) is 0 Å². The second kappa shape index (κ2) is 10.4. The van der Waals surface area contributed by atoms with Crippen molar-refractivity contribution in [2.45, 2.75) is 20.1 Å². The number of halogens is 2. The van der Waals surface area contributed by atoms with E-state index in [2.05, 4.69) is 10.1 Å². The highest BCUT2D eigenvalue weighted by Crippen LogP contribution is 2.36. The summed E-state index contributed by atoms with van der Waals surface area (Å²) in [6.45, 7) is -2.06. The standard InChI is InChI=1S/C22H18F2N2O8/c1-12-5-6-13(8-15(12)25-20(27)17-4-3-7-32-17)21(28)33-11-14-9-18(31-2)19(34-22(23)24)10-16(14)26(29)30/h3-10,22H,11H2,1-2H3,(H,25,27). The predicted molar refractivity (Wildman–Crippen MR) is 113 cm³/mol. The fourth-order valence-electron chi connectivity index (χ4n) is 2.93. The van der Waals surface area contributed by atoms with Crippen LogP contribution in [0.25, 0.3) is 0 Å². The van der Waals surface area contributed by atoms with Gasteiger partial charge >= 0.3 is 12.6 Å². The third kappa shape index (κ3) is 5.65. The molecular weight excluding hydrogens is 458 g/mol. The highest BCUT2D eigenvalue weighted by Gasteiger charge is 2.23. The summed E-state index contributed by atoms with van der Waals surface area (Å²) in [5.41, 5.74) is 0.353. The molecule has 178 valence electrons. The number of carbonyl (C=O) groups is 2. The summed E-state index contributed by atoms with van der Waals surface area (Å²) in [4.78, 5) is 35.4. The van der Waals surface area contributed by atoms with Crippen LogP contribution in [0.2, 0.25) is 0 Å². The lowest BCUT2D eigenvalue weighted by Crippen LogP contribution is -2.13. The van der Waals surface area contributed by atoms with Crippen molar-refractivity contribution in [1.29, 1.82) is 0 Å². The van der Waals surface area contributed by atoms with Crippen LogP contribution >= 0.6 is 0 Å². The van der Waals surface area contributed by atoms with E-state index in [1.807, 2.05) is 0 Å². The number of carbonyl (C=O) groups excluding carboxylic acids is 2. The molecule has 10 nitrogen and oxygen atoms in total. The molecule has 0 atom stereocenters. The number of aryl methyl sites for hydroxylation is 1. The summed E-state index contributed by atoms with van der Waals surface area (Å²) in [5, 5.41) is 14.0. The normalized spacial score (nSPS) is 10.6. The number of esters is 1. The van der Waals surface area contributed by atoms with E-state index < -0.39 is 41.5 Å². The molecule has 1 amide bonds. The molecule has 12 heteroatoms.